The number of aromatic nitrogens is 2. The normalized spacial score (nSPS) is 10.8. The van der Waals surface area contributed by atoms with Crippen LogP contribution in [-0.4, -0.2) is 9.97 Å². The van der Waals surface area contributed by atoms with E-state index in [4.69, 9.17) is 9.97 Å². The van der Waals surface area contributed by atoms with Crippen LogP contribution in [0.3, 0.4) is 0 Å². The summed E-state index contributed by atoms with van der Waals surface area (Å²) in [5.41, 5.74) is 10.1. The van der Waals surface area contributed by atoms with E-state index in [9.17, 15) is 0 Å². The highest BCUT2D eigenvalue weighted by molar-refractivity contribution is 5.87. The largest absolute Gasteiger partial charge is 0.294 e. The van der Waals surface area contributed by atoms with Crippen molar-refractivity contribution in [3.05, 3.63) is 131 Å². The summed E-state index contributed by atoms with van der Waals surface area (Å²) in [5.74, 6) is 1.85. The molecule has 0 aliphatic heterocycles. The summed E-state index contributed by atoms with van der Waals surface area (Å²) in [6.45, 7) is 10.7. The summed E-state index contributed by atoms with van der Waals surface area (Å²) < 4.78 is 0. The minimum Gasteiger partial charge on any atom is -0.294 e. The van der Waals surface area contributed by atoms with Crippen molar-refractivity contribution in [2.75, 3.05) is 9.80 Å². The molecule has 4 heteroatoms. The highest BCUT2D eigenvalue weighted by Crippen LogP contribution is 2.44. The topological polar surface area (TPSA) is 32.3 Å². The lowest BCUT2D eigenvalue weighted by atomic mass is 10.0. The van der Waals surface area contributed by atoms with E-state index < -0.39 is 0 Å². The van der Waals surface area contributed by atoms with Crippen LogP contribution in [0.15, 0.2) is 103 Å². The smallest absolute Gasteiger partial charge is 0.140 e. The Morgan fingerprint density at radius 2 is 0.784 bits per heavy atom. The van der Waals surface area contributed by atoms with Crippen LogP contribution in [0, 0.1) is 34.6 Å². The quantitative estimate of drug-likeness (QED) is 0.241. The highest BCUT2D eigenvalue weighted by Gasteiger charge is 2.24. The molecule has 0 radical (unpaired) electrons. The fourth-order valence-electron chi connectivity index (χ4n) is 4.86. The molecule has 0 bridgehead atoms. The first kappa shape index (κ1) is 24.3. The monoisotopic (exact) mass is 484 g/mol. The Kier molecular flexibility index (Phi) is 6.74. The van der Waals surface area contributed by atoms with E-state index in [1.165, 1.54) is 11.1 Å². The molecule has 4 nitrogen and oxygen atoms in total. The number of aryl methyl sites for hydroxylation is 4. The van der Waals surface area contributed by atoms with Gasteiger partial charge in [0.15, 0.2) is 0 Å². The van der Waals surface area contributed by atoms with Gasteiger partial charge >= 0.3 is 0 Å². The first-order valence-electron chi connectivity index (χ1n) is 12.6. The maximum absolute atomic E-state index is 4.83. The van der Waals surface area contributed by atoms with Gasteiger partial charge in [0.25, 0.3) is 0 Å². The second kappa shape index (κ2) is 10.3. The van der Waals surface area contributed by atoms with Crippen molar-refractivity contribution in [3.8, 4) is 0 Å². The van der Waals surface area contributed by atoms with Gasteiger partial charge in [-0.25, -0.2) is 9.97 Å². The zero-order valence-electron chi connectivity index (χ0n) is 22.1. The molecule has 0 atom stereocenters. The summed E-state index contributed by atoms with van der Waals surface area (Å²) >= 11 is 0. The van der Waals surface area contributed by atoms with E-state index >= 15 is 0 Å². The molecule has 0 aliphatic carbocycles. The van der Waals surface area contributed by atoms with Crippen LogP contribution in [0.2, 0.25) is 0 Å². The average Bonchev–Trinajstić information content (AvgIpc) is 2.90. The van der Waals surface area contributed by atoms with Gasteiger partial charge in [0.2, 0.25) is 0 Å². The molecular weight excluding hydrogens is 452 g/mol. The summed E-state index contributed by atoms with van der Waals surface area (Å²) in [7, 11) is 0. The van der Waals surface area contributed by atoms with Crippen molar-refractivity contribution in [1.82, 2.24) is 9.97 Å². The van der Waals surface area contributed by atoms with Crippen molar-refractivity contribution < 1.29 is 0 Å². The van der Waals surface area contributed by atoms with Crippen LogP contribution in [0.5, 0.6) is 0 Å². The molecule has 5 rings (SSSR count). The number of rotatable bonds is 6. The lowest BCUT2D eigenvalue weighted by Gasteiger charge is -2.32. The van der Waals surface area contributed by atoms with Crippen LogP contribution in [0.1, 0.15) is 27.8 Å². The van der Waals surface area contributed by atoms with Gasteiger partial charge < -0.3 is 0 Å². The molecule has 0 saturated carbocycles. The second-order valence-corrected chi connectivity index (χ2v) is 9.45. The minimum absolute atomic E-state index is 0.925. The zero-order valence-corrected chi connectivity index (χ0v) is 22.1. The average molecular weight is 485 g/mol. The number of anilines is 6. The Hall–Kier alpha value is -4.44. The van der Waals surface area contributed by atoms with Gasteiger partial charge in [-0.2, -0.15) is 0 Å². The van der Waals surface area contributed by atoms with Crippen LogP contribution in [-0.2, 0) is 0 Å². The molecule has 0 unspecified atom stereocenters. The molecule has 2 aromatic heterocycles. The summed E-state index contributed by atoms with van der Waals surface area (Å²) in [6.07, 6.45) is 3.73. The first-order valence-corrected chi connectivity index (χ1v) is 12.6. The van der Waals surface area contributed by atoms with Crippen molar-refractivity contribution in [2.24, 2.45) is 0 Å². The van der Waals surface area contributed by atoms with Crippen LogP contribution >= 0.6 is 0 Å². The molecule has 2 heterocycles. The van der Waals surface area contributed by atoms with Gasteiger partial charge in [0.05, 0.1) is 22.7 Å². The molecule has 0 spiro atoms. The maximum atomic E-state index is 4.83. The number of hydrogen-bond acceptors (Lipinski definition) is 4. The number of pyridine rings is 2. The third-order valence-electron chi connectivity index (χ3n) is 6.86. The third kappa shape index (κ3) is 4.58. The minimum atomic E-state index is 0.925. The van der Waals surface area contributed by atoms with E-state index in [1.54, 1.807) is 0 Å². The number of nitrogens with zero attached hydrogens (tertiary/aromatic N) is 4. The zero-order chi connectivity index (χ0) is 25.9. The van der Waals surface area contributed by atoms with Gasteiger partial charge in [0.1, 0.15) is 11.6 Å². The Labute approximate surface area is 219 Å². The lowest BCUT2D eigenvalue weighted by Crippen LogP contribution is -2.19. The molecule has 37 heavy (non-hydrogen) atoms. The fraction of sp³-hybridized carbons (Fsp3) is 0.152. The number of hydrogen-bond donors (Lipinski definition) is 0. The fourth-order valence-corrected chi connectivity index (χ4v) is 4.86. The lowest BCUT2D eigenvalue weighted by molar-refractivity contribution is 1.10. The van der Waals surface area contributed by atoms with Crippen LogP contribution in [0.25, 0.3) is 0 Å². The maximum Gasteiger partial charge on any atom is 0.140 e. The van der Waals surface area contributed by atoms with Crippen LogP contribution in [0.4, 0.5) is 34.4 Å². The standard InChI is InChI=1S/C33H32N4/c1-23-13-6-8-17-28(23)36(32-25(3)15-11-21-34-32)30-19-10-20-31(27(30)5)37(29-18-9-7-14-24(29)2)33-26(4)16-12-22-35-33/h6-22H,1-5H3. The molecule has 0 aliphatic rings. The van der Waals surface area contributed by atoms with E-state index in [0.717, 1.165) is 51.1 Å². The molecule has 184 valence electrons. The summed E-state index contributed by atoms with van der Waals surface area (Å²) in [4.78, 5) is 14.2. The van der Waals surface area contributed by atoms with E-state index in [2.05, 4.69) is 123 Å². The Morgan fingerprint density at radius 3 is 1.19 bits per heavy atom. The third-order valence-corrected chi connectivity index (χ3v) is 6.86. The van der Waals surface area contributed by atoms with Crippen molar-refractivity contribution >= 4 is 34.4 Å². The SMILES string of the molecule is Cc1ccccc1N(c1cccc(N(c2ccccc2C)c2ncccc2C)c1C)c1ncccc1C. The number of benzene rings is 3. The van der Waals surface area contributed by atoms with Crippen molar-refractivity contribution in [3.63, 3.8) is 0 Å². The second-order valence-electron chi connectivity index (χ2n) is 9.45. The van der Waals surface area contributed by atoms with Gasteiger partial charge in [0, 0.05) is 12.4 Å². The molecule has 0 N–H and O–H groups in total. The van der Waals surface area contributed by atoms with E-state index in [0.29, 0.717) is 0 Å². The Bertz CT molecular complexity index is 1350. The predicted molar refractivity (Wildman–Crippen MR) is 155 cm³/mol. The van der Waals surface area contributed by atoms with E-state index in [-0.39, 0.29) is 0 Å². The summed E-state index contributed by atoms with van der Waals surface area (Å²) in [6, 6.07) is 31.7. The molecule has 0 saturated heterocycles. The molecule has 0 amide bonds. The molecule has 0 fully saturated rings. The van der Waals surface area contributed by atoms with Gasteiger partial charge in [-0.15, -0.1) is 0 Å². The molecule has 5 aromatic rings. The first-order chi connectivity index (χ1) is 18.0. The van der Waals surface area contributed by atoms with Gasteiger partial charge in [-0.05, 0) is 98.8 Å². The molecular formula is C33H32N4. The number of para-hydroxylation sites is 2. The summed E-state index contributed by atoms with van der Waals surface area (Å²) in [5, 5.41) is 0. The van der Waals surface area contributed by atoms with E-state index in [1.807, 2.05) is 24.5 Å². The molecule has 3 aromatic carbocycles. The van der Waals surface area contributed by atoms with Gasteiger partial charge in [-0.3, -0.25) is 9.80 Å². The van der Waals surface area contributed by atoms with Crippen molar-refractivity contribution in [2.45, 2.75) is 34.6 Å². The van der Waals surface area contributed by atoms with Crippen LogP contribution < -0.4 is 9.80 Å². The Morgan fingerprint density at radius 1 is 0.405 bits per heavy atom. The highest BCUT2D eigenvalue weighted by atomic mass is 15.2. The Balaban J connectivity index is 1.78. The van der Waals surface area contributed by atoms with Gasteiger partial charge in [-0.1, -0.05) is 54.6 Å². The van der Waals surface area contributed by atoms with Crippen molar-refractivity contribution in [1.29, 1.82) is 0 Å². The predicted octanol–water partition coefficient (Wildman–Crippen LogP) is 8.96.